The Balaban J connectivity index is 2.91. The van der Waals surface area contributed by atoms with Crippen molar-refractivity contribution in [2.24, 2.45) is 11.6 Å². The van der Waals surface area contributed by atoms with Gasteiger partial charge in [-0.15, -0.1) is 0 Å². The summed E-state index contributed by atoms with van der Waals surface area (Å²) in [5.41, 5.74) is 5.61. The number of hydrogen-bond donors (Lipinski definition) is 1. The zero-order valence-electron chi connectivity index (χ0n) is 7.56. The van der Waals surface area contributed by atoms with Crippen LogP contribution in [0.15, 0.2) is 0 Å². The first-order valence-corrected chi connectivity index (χ1v) is 4.38. The number of nitrogens with two attached hydrogens (primary N) is 1. The van der Waals surface area contributed by atoms with E-state index in [1.54, 1.807) is 0 Å². The maximum absolute atomic E-state index is 5.61. The minimum Gasteiger partial charge on any atom is -0.370 e. The Kier molecular flexibility index (Phi) is 5.80. The average Bonchev–Trinajstić information content (AvgIpc) is 1.79. The summed E-state index contributed by atoms with van der Waals surface area (Å²) in [5.74, 6) is 0.855. The van der Waals surface area contributed by atoms with Gasteiger partial charge < -0.3 is 5.64 Å². The molecule has 0 aliphatic rings. The first-order chi connectivity index (χ1) is 4.63. The van der Waals surface area contributed by atoms with E-state index in [1.165, 1.54) is 25.6 Å². The molecule has 0 aromatic rings. The summed E-state index contributed by atoms with van der Waals surface area (Å²) in [6.07, 6.45) is 5.19. The summed E-state index contributed by atoms with van der Waals surface area (Å²) in [6.45, 7) is 7.01. The fraction of sp³-hybridized carbons (Fsp3) is 1.00. The maximum atomic E-state index is 5.61. The lowest BCUT2D eigenvalue weighted by Gasteiger charge is -2.03. The van der Waals surface area contributed by atoms with Crippen molar-refractivity contribution in [1.29, 1.82) is 0 Å². The predicted molar refractivity (Wildman–Crippen MR) is 49.3 cm³/mol. The molecule has 2 heteroatoms. The highest BCUT2D eigenvalue weighted by Crippen LogP contribution is 2.08. The van der Waals surface area contributed by atoms with Gasteiger partial charge in [0.2, 0.25) is 6.85 Å². The van der Waals surface area contributed by atoms with E-state index < -0.39 is 0 Å². The molecule has 2 N–H and O–H groups in total. The highest BCUT2D eigenvalue weighted by molar-refractivity contribution is 6.53. The molecule has 0 aromatic heterocycles. The second kappa shape index (κ2) is 5.78. The molecule has 0 aliphatic heterocycles. The molecule has 10 heavy (non-hydrogen) atoms. The lowest BCUT2D eigenvalue weighted by Crippen LogP contribution is -2.19. The molecule has 0 aromatic carbocycles. The topological polar surface area (TPSA) is 26.0 Å². The second-order valence-corrected chi connectivity index (χ2v) is 3.66. The summed E-state index contributed by atoms with van der Waals surface area (Å²) < 4.78 is 0. The molecule has 0 spiro atoms. The Hall–Kier alpha value is 0.0249. The first kappa shape index (κ1) is 10.0. The van der Waals surface area contributed by atoms with Gasteiger partial charge in [0.25, 0.3) is 0 Å². The normalized spacial score (nSPS) is 10.5. The van der Waals surface area contributed by atoms with Gasteiger partial charge in [-0.2, -0.15) is 0 Å². The van der Waals surface area contributed by atoms with Crippen molar-refractivity contribution in [3.8, 4) is 0 Å². The smallest absolute Gasteiger partial charge is 0.214 e. The van der Waals surface area contributed by atoms with Gasteiger partial charge in [-0.3, -0.25) is 0 Å². The molecule has 0 atom stereocenters. The molecule has 0 heterocycles. The van der Waals surface area contributed by atoms with Crippen LogP contribution in [0.1, 0.15) is 33.1 Å². The molecule has 0 radical (unpaired) electrons. The summed E-state index contributed by atoms with van der Waals surface area (Å²) in [4.78, 5) is 0. The van der Waals surface area contributed by atoms with E-state index >= 15 is 0 Å². The van der Waals surface area contributed by atoms with Gasteiger partial charge in [0, 0.05) is 0 Å². The van der Waals surface area contributed by atoms with Crippen molar-refractivity contribution in [3.05, 3.63) is 0 Å². The number of hydrogen-bond acceptors (Lipinski definition) is 1. The standard InChI is InChI=1S/C8H20BN/c1-8(2)6-4-5-7-9(3)10/h8H,4-7,10H2,1-3H3. The molecule has 0 fully saturated rings. The van der Waals surface area contributed by atoms with Crippen LogP contribution in [0.3, 0.4) is 0 Å². The Morgan fingerprint density at radius 1 is 1.30 bits per heavy atom. The number of unbranched alkanes of at least 4 members (excludes halogenated alkanes) is 1. The molecule has 60 valence electrons. The van der Waals surface area contributed by atoms with Crippen molar-refractivity contribution in [1.82, 2.24) is 0 Å². The van der Waals surface area contributed by atoms with E-state index in [4.69, 9.17) is 5.64 Å². The fourth-order valence-electron chi connectivity index (χ4n) is 1.02. The Labute approximate surface area is 65.5 Å². The van der Waals surface area contributed by atoms with Gasteiger partial charge in [0.1, 0.15) is 0 Å². The van der Waals surface area contributed by atoms with Gasteiger partial charge in [-0.05, 0) is 5.92 Å². The van der Waals surface area contributed by atoms with Crippen LogP contribution in [0.25, 0.3) is 0 Å². The average molecular weight is 141 g/mol. The van der Waals surface area contributed by atoms with E-state index in [9.17, 15) is 0 Å². The molecule has 0 unspecified atom stereocenters. The summed E-state index contributed by atoms with van der Waals surface area (Å²) in [7, 11) is 0. The van der Waals surface area contributed by atoms with Crippen LogP contribution in [0, 0.1) is 5.92 Å². The SMILES string of the molecule is CB(N)CCCCC(C)C. The molecule has 0 saturated heterocycles. The third-order valence-corrected chi connectivity index (χ3v) is 1.69. The maximum Gasteiger partial charge on any atom is 0.214 e. The van der Waals surface area contributed by atoms with Gasteiger partial charge >= 0.3 is 0 Å². The minimum absolute atomic E-state index is 0.396. The van der Waals surface area contributed by atoms with Crippen molar-refractivity contribution in [3.63, 3.8) is 0 Å². The van der Waals surface area contributed by atoms with Crippen LogP contribution >= 0.6 is 0 Å². The number of rotatable bonds is 5. The third-order valence-electron chi connectivity index (χ3n) is 1.69. The Morgan fingerprint density at radius 3 is 2.30 bits per heavy atom. The molecular formula is C8H20BN. The van der Waals surface area contributed by atoms with E-state index in [0.717, 1.165) is 5.92 Å². The van der Waals surface area contributed by atoms with E-state index in [0.29, 0.717) is 6.85 Å². The summed E-state index contributed by atoms with van der Waals surface area (Å²) in [5, 5.41) is 0. The summed E-state index contributed by atoms with van der Waals surface area (Å²) in [6, 6.07) is 0. The van der Waals surface area contributed by atoms with Crippen LogP contribution in [0.5, 0.6) is 0 Å². The van der Waals surface area contributed by atoms with Gasteiger partial charge in [-0.1, -0.05) is 46.3 Å². The Morgan fingerprint density at radius 2 is 1.90 bits per heavy atom. The molecular weight excluding hydrogens is 121 g/mol. The molecule has 0 rings (SSSR count). The van der Waals surface area contributed by atoms with Crippen molar-refractivity contribution in [2.75, 3.05) is 0 Å². The molecule has 0 aliphatic carbocycles. The largest absolute Gasteiger partial charge is 0.370 e. The summed E-state index contributed by atoms with van der Waals surface area (Å²) >= 11 is 0. The van der Waals surface area contributed by atoms with E-state index in [-0.39, 0.29) is 0 Å². The lowest BCUT2D eigenvalue weighted by molar-refractivity contribution is 0.549. The molecule has 1 nitrogen and oxygen atoms in total. The van der Waals surface area contributed by atoms with Crippen molar-refractivity contribution in [2.45, 2.75) is 46.3 Å². The monoisotopic (exact) mass is 141 g/mol. The van der Waals surface area contributed by atoms with Crippen LogP contribution < -0.4 is 5.64 Å². The third kappa shape index (κ3) is 8.02. The lowest BCUT2D eigenvalue weighted by atomic mass is 9.62. The highest BCUT2D eigenvalue weighted by Gasteiger charge is 1.99. The van der Waals surface area contributed by atoms with E-state index in [2.05, 4.69) is 20.7 Å². The van der Waals surface area contributed by atoms with Crippen molar-refractivity contribution >= 4 is 6.85 Å². The second-order valence-electron chi connectivity index (χ2n) is 3.66. The predicted octanol–water partition coefficient (Wildman–Crippen LogP) is 2.39. The minimum atomic E-state index is 0.396. The van der Waals surface area contributed by atoms with Crippen LogP contribution in [-0.4, -0.2) is 6.85 Å². The molecule has 0 bridgehead atoms. The first-order valence-electron chi connectivity index (χ1n) is 4.38. The fourth-order valence-corrected chi connectivity index (χ4v) is 1.02. The quantitative estimate of drug-likeness (QED) is 0.461. The zero-order chi connectivity index (χ0) is 7.98. The van der Waals surface area contributed by atoms with Gasteiger partial charge in [0.05, 0.1) is 0 Å². The highest BCUT2D eigenvalue weighted by atomic mass is 14.4. The van der Waals surface area contributed by atoms with E-state index in [1.807, 2.05) is 0 Å². The molecule has 0 amide bonds. The Bertz CT molecular complexity index is 61.7. The van der Waals surface area contributed by atoms with Crippen LogP contribution in [0.4, 0.5) is 0 Å². The zero-order valence-corrected chi connectivity index (χ0v) is 7.56. The van der Waals surface area contributed by atoms with Gasteiger partial charge in [0.15, 0.2) is 0 Å². The van der Waals surface area contributed by atoms with Crippen LogP contribution in [-0.2, 0) is 0 Å². The van der Waals surface area contributed by atoms with Gasteiger partial charge in [-0.25, -0.2) is 0 Å². The van der Waals surface area contributed by atoms with Crippen molar-refractivity contribution < 1.29 is 0 Å². The van der Waals surface area contributed by atoms with Crippen LogP contribution in [0.2, 0.25) is 13.1 Å². The molecule has 0 saturated carbocycles.